The van der Waals surface area contributed by atoms with Crippen molar-refractivity contribution in [1.82, 2.24) is 14.7 Å². The number of rotatable bonds is 4. The summed E-state index contributed by atoms with van der Waals surface area (Å²) in [4.78, 5) is 2.59. The van der Waals surface area contributed by atoms with Crippen LogP contribution in [-0.4, -0.2) is 39.9 Å². The van der Waals surface area contributed by atoms with Gasteiger partial charge in [0.05, 0.1) is 11.4 Å². The molecule has 2 saturated heterocycles. The lowest BCUT2D eigenvalue weighted by Gasteiger charge is -2.47. The second kappa shape index (κ2) is 5.87. The van der Waals surface area contributed by atoms with E-state index in [1.165, 1.54) is 32.1 Å². The van der Waals surface area contributed by atoms with Crippen molar-refractivity contribution >= 4 is 11.5 Å². The average molecular weight is 291 g/mol. The van der Waals surface area contributed by atoms with Crippen LogP contribution >= 0.6 is 0 Å². The van der Waals surface area contributed by atoms with Gasteiger partial charge in [-0.1, -0.05) is 19.8 Å². The molecule has 5 nitrogen and oxygen atoms in total. The molecule has 0 spiro atoms. The molecule has 1 aromatic rings. The van der Waals surface area contributed by atoms with Crippen LogP contribution in [0.1, 0.15) is 51.1 Å². The van der Waals surface area contributed by atoms with Crippen LogP contribution < -0.4 is 11.1 Å². The van der Waals surface area contributed by atoms with Crippen molar-refractivity contribution in [3.8, 4) is 0 Å². The first-order valence-electron chi connectivity index (χ1n) is 8.40. The zero-order valence-corrected chi connectivity index (χ0v) is 13.6. The number of aryl methyl sites for hydroxylation is 2. The van der Waals surface area contributed by atoms with Gasteiger partial charge in [0.15, 0.2) is 0 Å². The molecule has 5 heteroatoms. The second-order valence-corrected chi connectivity index (χ2v) is 6.80. The van der Waals surface area contributed by atoms with Crippen molar-refractivity contribution < 1.29 is 0 Å². The molecular weight excluding hydrogens is 262 g/mol. The van der Waals surface area contributed by atoms with Crippen LogP contribution in [0.5, 0.6) is 0 Å². The highest BCUT2D eigenvalue weighted by atomic mass is 15.3. The van der Waals surface area contributed by atoms with Gasteiger partial charge in [-0.05, 0) is 39.2 Å². The molecule has 0 aromatic carbocycles. The summed E-state index contributed by atoms with van der Waals surface area (Å²) in [6.45, 7) is 2.17. The molecule has 2 aliphatic heterocycles. The van der Waals surface area contributed by atoms with Gasteiger partial charge in [-0.2, -0.15) is 5.10 Å². The summed E-state index contributed by atoms with van der Waals surface area (Å²) in [7, 11) is 4.29. The smallest absolute Gasteiger partial charge is 0.147 e. The van der Waals surface area contributed by atoms with E-state index < -0.39 is 0 Å². The summed E-state index contributed by atoms with van der Waals surface area (Å²) in [5, 5.41) is 8.27. The molecule has 0 radical (unpaired) electrons. The normalized spacial score (nSPS) is 29.6. The molecule has 0 aliphatic carbocycles. The number of fused-ring (bicyclic) bond motifs is 2. The van der Waals surface area contributed by atoms with Gasteiger partial charge in [-0.15, -0.1) is 0 Å². The first-order chi connectivity index (χ1) is 10.1. The molecule has 3 N–H and O–H groups in total. The summed E-state index contributed by atoms with van der Waals surface area (Å²) in [6.07, 6.45) is 8.56. The topological polar surface area (TPSA) is 59.1 Å². The van der Waals surface area contributed by atoms with Gasteiger partial charge in [0.25, 0.3) is 0 Å². The van der Waals surface area contributed by atoms with Crippen molar-refractivity contribution in [2.45, 2.75) is 70.0 Å². The van der Waals surface area contributed by atoms with Crippen LogP contribution in [0.15, 0.2) is 0 Å². The number of anilines is 2. The Morgan fingerprint density at radius 1 is 1.24 bits per heavy atom. The minimum absolute atomic E-state index is 0.531. The highest BCUT2D eigenvalue weighted by molar-refractivity contribution is 5.65. The highest BCUT2D eigenvalue weighted by Crippen LogP contribution is 2.35. The van der Waals surface area contributed by atoms with Crippen LogP contribution in [-0.2, 0) is 13.5 Å². The largest absolute Gasteiger partial charge is 0.394 e. The van der Waals surface area contributed by atoms with E-state index in [0.29, 0.717) is 6.04 Å². The monoisotopic (exact) mass is 291 g/mol. The maximum atomic E-state index is 6.29. The van der Waals surface area contributed by atoms with Crippen molar-refractivity contribution in [3.05, 3.63) is 5.69 Å². The number of aromatic nitrogens is 2. The van der Waals surface area contributed by atoms with Crippen LogP contribution in [0, 0.1) is 0 Å². The number of hydrogen-bond donors (Lipinski definition) is 2. The molecule has 118 valence electrons. The Morgan fingerprint density at radius 3 is 2.52 bits per heavy atom. The Kier molecular flexibility index (Phi) is 4.11. The Balaban J connectivity index is 1.72. The number of nitrogen functional groups attached to an aromatic ring is 1. The van der Waals surface area contributed by atoms with Crippen LogP contribution in [0.25, 0.3) is 0 Å². The molecule has 0 saturated carbocycles. The summed E-state index contributed by atoms with van der Waals surface area (Å²) in [5.74, 6) is 1.02. The molecule has 2 atom stereocenters. The third kappa shape index (κ3) is 2.76. The van der Waals surface area contributed by atoms with E-state index in [1.54, 1.807) is 0 Å². The van der Waals surface area contributed by atoms with Gasteiger partial charge in [0, 0.05) is 25.2 Å². The standard InChI is InChI=1S/C16H29N5/c1-4-6-14-15(17)16(21(3)19-14)18-11-9-12-7-5-8-13(10-11)20(12)2/h11-13,18H,4-10,17H2,1-3H3. The summed E-state index contributed by atoms with van der Waals surface area (Å²) >= 11 is 0. The van der Waals surface area contributed by atoms with Gasteiger partial charge >= 0.3 is 0 Å². The van der Waals surface area contributed by atoms with Crippen molar-refractivity contribution in [3.63, 3.8) is 0 Å². The van der Waals surface area contributed by atoms with E-state index in [9.17, 15) is 0 Å². The lowest BCUT2D eigenvalue weighted by molar-refractivity contribution is 0.0607. The maximum Gasteiger partial charge on any atom is 0.147 e. The first-order valence-corrected chi connectivity index (χ1v) is 8.40. The van der Waals surface area contributed by atoms with Crippen LogP contribution in [0.3, 0.4) is 0 Å². The van der Waals surface area contributed by atoms with E-state index in [0.717, 1.165) is 42.1 Å². The fraction of sp³-hybridized carbons (Fsp3) is 0.812. The minimum atomic E-state index is 0.531. The van der Waals surface area contributed by atoms with E-state index in [-0.39, 0.29) is 0 Å². The quantitative estimate of drug-likeness (QED) is 0.894. The zero-order chi connectivity index (χ0) is 15.0. The molecule has 1 aromatic heterocycles. The summed E-state index contributed by atoms with van der Waals surface area (Å²) in [6, 6.07) is 2.00. The number of hydrogen-bond acceptors (Lipinski definition) is 4. The first kappa shape index (κ1) is 14.7. The molecular formula is C16H29N5. The molecule has 3 heterocycles. The van der Waals surface area contributed by atoms with Gasteiger partial charge in [0.1, 0.15) is 5.82 Å². The van der Waals surface area contributed by atoms with Gasteiger partial charge < -0.3 is 16.0 Å². The summed E-state index contributed by atoms with van der Waals surface area (Å²) in [5.41, 5.74) is 8.18. The molecule has 2 bridgehead atoms. The SMILES string of the molecule is CCCc1nn(C)c(NC2CC3CCCC(C2)N3C)c1N. The molecule has 21 heavy (non-hydrogen) atoms. The maximum absolute atomic E-state index is 6.29. The average Bonchev–Trinajstić information content (AvgIpc) is 2.68. The Hall–Kier alpha value is -1.23. The third-order valence-electron chi connectivity index (χ3n) is 5.33. The van der Waals surface area contributed by atoms with Gasteiger partial charge in [0.2, 0.25) is 0 Å². The van der Waals surface area contributed by atoms with Crippen molar-refractivity contribution in [2.24, 2.45) is 7.05 Å². The minimum Gasteiger partial charge on any atom is -0.394 e. The van der Waals surface area contributed by atoms with Gasteiger partial charge in [-0.25, -0.2) is 0 Å². The van der Waals surface area contributed by atoms with E-state index in [1.807, 2.05) is 11.7 Å². The number of nitrogens with zero attached hydrogens (tertiary/aromatic N) is 3. The zero-order valence-electron chi connectivity index (χ0n) is 13.6. The van der Waals surface area contributed by atoms with E-state index in [4.69, 9.17) is 5.73 Å². The van der Waals surface area contributed by atoms with Crippen molar-refractivity contribution in [2.75, 3.05) is 18.1 Å². The van der Waals surface area contributed by atoms with Crippen LogP contribution in [0.4, 0.5) is 11.5 Å². The number of piperidine rings is 2. The number of nitrogens with two attached hydrogens (primary N) is 1. The number of nitrogens with one attached hydrogen (secondary N) is 1. The van der Waals surface area contributed by atoms with Gasteiger partial charge in [-0.3, -0.25) is 4.68 Å². The molecule has 2 fully saturated rings. The fourth-order valence-electron chi connectivity index (χ4n) is 4.12. The fourth-order valence-corrected chi connectivity index (χ4v) is 4.12. The highest BCUT2D eigenvalue weighted by Gasteiger charge is 2.36. The van der Waals surface area contributed by atoms with Crippen molar-refractivity contribution in [1.29, 1.82) is 0 Å². The van der Waals surface area contributed by atoms with E-state index >= 15 is 0 Å². The van der Waals surface area contributed by atoms with E-state index in [2.05, 4.69) is 29.3 Å². The Labute approximate surface area is 127 Å². The molecule has 3 rings (SSSR count). The molecule has 2 aliphatic rings. The predicted octanol–water partition coefficient (Wildman–Crippen LogP) is 2.38. The second-order valence-electron chi connectivity index (χ2n) is 6.80. The third-order valence-corrected chi connectivity index (χ3v) is 5.33. The molecule has 0 amide bonds. The lowest BCUT2D eigenvalue weighted by Crippen LogP contribution is -2.52. The lowest BCUT2D eigenvalue weighted by atomic mass is 9.82. The predicted molar refractivity (Wildman–Crippen MR) is 87.5 cm³/mol. The summed E-state index contributed by atoms with van der Waals surface area (Å²) < 4.78 is 1.93. The Bertz CT molecular complexity index is 481. The van der Waals surface area contributed by atoms with Crippen LogP contribution in [0.2, 0.25) is 0 Å². The Morgan fingerprint density at radius 2 is 1.90 bits per heavy atom. The molecule has 2 unspecified atom stereocenters.